The molecule has 3 aromatic rings. The van der Waals surface area contributed by atoms with Crippen molar-refractivity contribution in [3.8, 4) is 11.4 Å². The van der Waals surface area contributed by atoms with Gasteiger partial charge in [-0.2, -0.15) is 0 Å². The molecule has 174 valence electrons. The summed E-state index contributed by atoms with van der Waals surface area (Å²) >= 11 is 1.44. The number of benzene rings is 2. The summed E-state index contributed by atoms with van der Waals surface area (Å²) in [6.07, 6.45) is 3.76. The second-order valence-electron chi connectivity index (χ2n) is 8.23. The van der Waals surface area contributed by atoms with E-state index in [1.807, 2.05) is 49.4 Å². The fraction of sp³-hybridized carbons (Fsp3) is 0.400. The van der Waals surface area contributed by atoms with E-state index in [9.17, 15) is 4.79 Å². The number of carbonyl (C=O) groups excluding carboxylic acids is 1. The summed E-state index contributed by atoms with van der Waals surface area (Å²) in [5.41, 5.74) is 2.04. The molecule has 1 atom stereocenters. The minimum atomic E-state index is -0.308. The third-order valence-corrected chi connectivity index (χ3v) is 6.85. The Labute approximate surface area is 199 Å². The Kier molecular flexibility index (Phi) is 8.01. The van der Waals surface area contributed by atoms with Crippen molar-refractivity contribution in [1.29, 1.82) is 0 Å². The smallest absolute Gasteiger partial charge is 0.233 e. The number of amides is 1. The van der Waals surface area contributed by atoms with Crippen LogP contribution in [0.5, 0.6) is 5.75 Å². The maximum atomic E-state index is 12.8. The van der Waals surface area contributed by atoms with Crippen LogP contribution in [0.3, 0.4) is 0 Å². The molecule has 1 amide bonds. The number of nitrogens with one attached hydrogen (secondary N) is 1. The van der Waals surface area contributed by atoms with Crippen molar-refractivity contribution < 1.29 is 9.53 Å². The number of carbonyl (C=O) groups is 1. The van der Waals surface area contributed by atoms with E-state index in [2.05, 4.69) is 37.1 Å². The lowest BCUT2D eigenvalue weighted by atomic mass is 10.1. The summed E-state index contributed by atoms with van der Waals surface area (Å²) < 4.78 is 7.28. The second-order valence-corrected chi connectivity index (χ2v) is 9.54. The topological polar surface area (TPSA) is 72.3 Å². The molecule has 0 radical (unpaired) electrons. The number of aromatic nitrogens is 3. The molecule has 0 saturated carbocycles. The molecule has 0 aliphatic carbocycles. The monoisotopic (exact) mass is 465 g/mol. The minimum absolute atomic E-state index is 0.0315. The standard InChI is InChI=1S/C25H31N5O2S/c1-19(24(31)26-17-20-11-13-22(32-2)14-12-20)33-25-28-27-23(18-29-15-7-4-8-16-29)30(25)21-9-5-3-6-10-21/h3,5-6,9-14,19H,4,7-8,15-18H2,1-2H3,(H,26,31). The molecular formula is C25H31N5O2S. The first-order chi connectivity index (χ1) is 16.1. The van der Waals surface area contributed by atoms with E-state index in [-0.39, 0.29) is 11.2 Å². The first kappa shape index (κ1) is 23.3. The van der Waals surface area contributed by atoms with Gasteiger partial charge in [-0.15, -0.1) is 10.2 Å². The number of methoxy groups -OCH3 is 1. The number of ether oxygens (including phenoxy) is 1. The van der Waals surface area contributed by atoms with Crippen LogP contribution < -0.4 is 10.1 Å². The van der Waals surface area contributed by atoms with Crippen LogP contribution in [0.25, 0.3) is 5.69 Å². The minimum Gasteiger partial charge on any atom is -0.497 e. The number of piperidine rings is 1. The average Bonchev–Trinajstić information content (AvgIpc) is 3.25. The van der Waals surface area contributed by atoms with Crippen LogP contribution in [-0.2, 0) is 17.9 Å². The normalized spacial score (nSPS) is 15.2. The van der Waals surface area contributed by atoms with Gasteiger partial charge in [0.25, 0.3) is 0 Å². The number of para-hydroxylation sites is 1. The molecular weight excluding hydrogens is 434 g/mol. The van der Waals surface area contributed by atoms with Crippen LogP contribution in [0, 0.1) is 0 Å². The Bertz CT molecular complexity index is 1030. The summed E-state index contributed by atoms with van der Waals surface area (Å²) in [5.74, 6) is 1.68. The summed E-state index contributed by atoms with van der Waals surface area (Å²) in [7, 11) is 1.64. The van der Waals surface area contributed by atoms with Crippen molar-refractivity contribution in [3.05, 3.63) is 66.0 Å². The molecule has 33 heavy (non-hydrogen) atoms. The quantitative estimate of drug-likeness (QED) is 0.481. The van der Waals surface area contributed by atoms with Crippen molar-refractivity contribution in [3.63, 3.8) is 0 Å². The van der Waals surface area contributed by atoms with E-state index >= 15 is 0 Å². The maximum absolute atomic E-state index is 12.8. The Morgan fingerprint density at radius 1 is 1.06 bits per heavy atom. The van der Waals surface area contributed by atoms with Gasteiger partial charge in [0, 0.05) is 12.2 Å². The molecule has 1 aliphatic heterocycles. The molecule has 2 aromatic carbocycles. The van der Waals surface area contributed by atoms with Crippen LogP contribution in [0.15, 0.2) is 59.8 Å². The predicted molar refractivity (Wildman–Crippen MR) is 131 cm³/mol. The Hall–Kier alpha value is -2.84. The lowest BCUT2D eigenvalue weighted by Crippen LogP contribution is -2.31. The van der Waals surface area contributed by atoms with Crippen molar-refractivity contribution in [2.45, 2.75) is 49.7 Å². The van der Waals surface area contributed by atoms with Crippen LogP contribution in [0.2, 0.25) is 0 Å². The van der Waals surface area contributed by atoms with Gasteiger partial charge in [0.15, 0.2) is 11.0 Å². The van der Waals surface area contributed by atoms with Crippen LogP contribution in [0.4, 0.5) is 0 Å². The lowest BCUT2D eigenvalue weighted by Gasteiger charge is -2.26. The van der Waals surface area contributed by atoms with Gasteiger partial charge < -0.3 is 10.1 Å². The Morgan fingerprint density at radius 2 is 1.79 bits per heavy atom. The van der Waals surface area contributed by atoms with E-state index in [1.165, 1.54) is 31.0 Å². The number of hydrogen-bond donors (Lipinski definition) is 1. The van der Waals surface area contributed by atoms with Gasteiger partial charge in [0.1, 0.15) is 5.75 Å². The van der Waals surface area contributed by atoms with E-state index < -0.39 is 0 Å². The van der Waals surface area contributed by atoms with Gasteiger partial charge in [-0.3, -0.25) is 14.3 Å². The van der Waals surface area contributed by atoms with Crippen molar-refractivity contribution in [2.24, 2.45) is 0 Å². The van der Waals surface area contributed by atoms with Crippen LogP contribution in [0.1, 0.15) is 37.6 Å². The highest BCUT2D eigenvalue weighted by Gasteiger charge is 2.22. The van der Waals surface area contributed by atoms with Gasteiger partial charge in [0.05, 0.1) is 18.9 Å². The summed E-state index contributed by atoms with van der Waals surface area (Å²) in [6.45, 7) is 5.32. The van der Waals surface area contributed by atoms with Crippen LogP contribution in [-0.4, -0.2) is 51.0 Å². The van der Waals surface area contributed by atoms with Crippen molar-refractivity contribution in [1.82, 2.24) is 25.0 Å². The SMILES string of the molecule is COc1ccc(CNC(=O)C(C)Sc2nnc(CN3CCCCC3)n2-c2ccccc2)cc1. The number of rotatable bonds is 9. The number of hydrogen-bond acceptors (Lipinski definition) is 6. The number of likely N-dealkylation sites (tertiary alicyclic amines) is 1. The summed E-state index contributed by atoms with van der Waals surface area (Å²) in [4.78, 5) is 15.2. The largest absolute Gasteiger partial charge is 0.497 e. The molecule has 0 bridgehead atoms. The Morgan fingerprint density at radius 3 is 2.48 bits per heavy atom. The number of thioether (sulfide) groups is 1. The molecule has 1 aliphatic rings. The highest BCUT2D eigenvalue weighted by Crippen LogP contribution is 2.27. The molecule has 2 heterocycles. The highest BCUT2D eigenvalue weighted by molar-refractivity contribution is 8.00. The van der Waals surface area contributed by atoms with Gasteiger partial charge >= 0.3 is 0 Å². The van der Waals surface area contributed by atoms with Gasteiger partial charge in [-0.1, -0.05) is 48.5 Å². The third kappa shape index (κ3) is 6.15. The first-order valence-electron chi connectivity index (χ1n) is 11.4. The zero-order valence-corrected chi connectivity index (χ0v) is 20.1. The van der Waals surface area contributed by atoms with Gasteiger partial charge in [0.2, 0.25) is 5.91 Å². The van der Waals surface area contributed by atoms with Crippen molar-refractivity contribution >= 4 is 17.7 Å². The fourth-order valence-corrected chi connectivity index (χ4v) is 4.83. The van der Waals surface area contributed by atoms with Crippen molar-refractivity contribution in [2.75, 3.05) is 20.2 Å². The Balaban J connectivity index is 1.45. The van der Waals surface area contributed by atoms with E-state index in [1.54, 1.807) is 7.11 Å². The zero-order chi connectivity index (χ0) is 23.0. The third-order valence-electron chi connectivity index (χ3n) is 5.81. The molecule has 1 fully saturated rings. The summed E-state index contributed by atoms with van der Waals surface area (Å²) in [6, 6.07) is 17.8. The first-order valence-corrected chi connectivity index (χ1v) is 12.3. The molecule has 7 nitrogen and oxygen atoms in total. The summed E-state index contributed by atoms with van der Waals surface area (Å²) in [5, 5.41) is 12.4. The fourth-order valence-electron chi connectivity index (χ4n) is 3.92. The van der Waals surface area contributed by atoms with Gasteiger partial charge in [-0.25, -0.2) is 0 Å². The van der Waals surface area contributed by atoms with Gasteiger partial charge in [-0.05, 0) is 62.7 Å². The molecule has 1 unspecified atom stereocenters. The molecule has 1 aromatic heterocycles. The molecule has 4 rings (SSSR count). The average molecular weight is 466 g/mol. The highest BCUT2D eigenvalue weighted by atomic mass is 32.2. The van der Waals surface area contributed by atoms with E-state index in [0.717, 1.165) is 47.6 Å². The maximum Gasteiger partial charge on any atom is 0.233 e. The molecule has 1 saturated heterocycles. The number of nitrogens with zero attached hydrogens (tertiary/aromatic N) is 4. The van der Waals surface area contributed by atoms with Crippen LogP contribution >= 0.6 is 11.8 Å². The second kappa shape index (κ2) is 11.3. The van der Waals surface area contributed by atoms with E-state index in [4.69, 9.17) is 4.74 Å². The molecule has 8 heteroatoms. The zero-order valence-electron chi connectivity index (χ0n) is 19.2. The lowest BCUT2D eigenvalue weighted by molar-refractivity contribution is -0.120. The van der Waals surface area contributed by atoms with E-state index in [0.29, 0.717) is 6.54 Å². The molecule has 0 spiro atoms. The molecule has 1 N–H and O–H groups in total. The predicted octanol–water partition coefficient (Wildman–Crippen LogP) is 4.06.